The molecule has 0 atom stereocenters. The van der Waals surface area contributed by atoms with Crippen LogP contribution in [0.2, 0.25) is 0 Å². The van der Waals surface area contributed by atoms with Gasteiger partial charge in [-0.05, 0) is 24.3 Å². The van der Waals surface area contributed by atoms with Gasteiger partial charge in [0.25, 0.3) is 11.1 Å². The smallest absolute Gasteiger partial charge is 0.268 e. The Hall–Kier alpha value is -1.83. The van der Waals surface area contributed by atoms with Crippen molar-refractivity contribution in [2.45, 2.75) is 13.1 Å². The first-order valence-electron chi connectivity index (χ1n) is 7.99. The summed E-state index contributed by atoms with van der Waals surface area (Å²) in [6.07, 6.45) is 0. The molecule has 4 aromatic rings. The molecule has 0 fully saturated rings. The molecule has 4 rings (SSSR count). The van der Waals surface area contributed by atoms with E-state index in [9.17, 15) is 9.59 Å². The van der Waals surface area contributed by atoms with Crippen LogP contribution in [0.15, 0.2) is 58.1 Å². The van der Waals surface area contributed by atoms with Gasteiger partial charge in [0, 0.05) is 24.6 Å². The monoisotopic (exact) mass is 388 g/mol. The second-order valence-corrected chi connectivity index (χ2v) is 8.95. The highest BCUT2D eigenvalue weighted by molar-refractivity contribution is 7.99. The van der Waals surface area contributed by atoms with Gasteiger partial charge in [0.1, 0.15) is 0 Å². The molecule has 0 aliphatic heterocycles. The summed E-state index contributed by atoms with van der Waals surface area (Å²) in [4.78, 5) is 24.6. The molecule has 0 saturated heterocycles. The zero-order valence-electron chi connectivity index (χ0n) is 13.4. The van der Waals surface area contributed by atoms with Gasteiger partial charge in [0.05, 0.1) is 20.2 Å². The molecule has 0 aliphatic carbocycles. The summed E-state index contributed by atoms with van der Waals surface area (Å²) in [5.41, 5.74) is 0.198. The Morgan fingerprint density at radius 2 is 1.16 bits per heavy atom. The molecule has 25 heavy (non-hydrogen) atoms. The Bertz CT molecular complexity index is 1050. The number of thioether (sulfide) groups is 1. The van der Waals surface area contributed by atoms with Crippen molar-refractivity contribution >= 4 is 55.0 Å². The second kappa shape index (κ2) is 7.19. The molecule has 0 saturated carbocycles. The van der Waals surface area contributed by atoms with Crippen LogP contribution in [0.25, 0.3) is 20.2 Å². The molecule has 0 unspecified atom stereocenters. The minimum absolute atomic E-state index is 0.0990. The van der Waals surface area contributed by atoms with Crippen LogP contribution >= 0.6 is 34.8 Å². The zero-order valence-corrected chi connectivity index (χ0v) is 15.8. The lowest BCUT2D eigenvalue weighted by atomic mass is 10.3. The SMILES string of the molecule is O=c1c2ccccc2sn1CCSCCn1sc2ccccc2c1=O. The average molecular weight is 389 g/mol. The molecule has 0 spiro atoms. The lowest BCUT2D eigenvalue weighted by molar-refractivity contribution is 0.809. The highest BCUT2D eigenvalue weighted by Crippen LogP contribution is 2.18. The number of rotatable bonds is 6. The van der Waals surface area contributed by atoms with Crippen LogP contribution in [0, 0.1) is 0 Å². The topological polar surface area (TPSA) is 44.0 Å². The molecule has 128 valence electrons. The van der Waals surface area contributed by atoms with E-state index in [0.29, 0.717) is 13.1 Å². The fourth-order valence-electron chi connectivity index (χ4n) is 2.73. The number of benzene rings is 2. The first-order chi connectivity index (χ1) is 12.2. The van der Waals surface area contributed by atoms with E-state index in [-0.39, 0.29) is 11.1 Å². The van der Waals surface area contributed by atoms with Gasteiger partial charge in [-0.2, -0.15) is 11.8 Å². The van der Waals surface area contributed by atoms with Crippen LogP contribution in [-0.4, -0.2) is 19.4 Å². The normalized spacial score (nSPS) is 11.5. The molecule has 2 aromatic heterocycles. The van der Waals surface area contributed by atoms with Gasteiger partial charge in [-0.25, -0.2) is 0 Å². The summed E-state index contributed by atoms with van der Waals surface area (Å²) in [6.45, 7) is 1.42. The summed E-state index contributed by atoms with van der Waals surface area (Å²) in [7, 11) is 0. The molecule has 2 heterocycles. The van der Waals surface area contributed by atoms with Crippen molar-refractivity contribution in [3.63, 3.8) is 0 Å². The maximum atomic E-state index is 12.3. The number of hydrogen-bond acceptors (Lipinski definition) is 5. The Morgan fingerprint density at radius 3 is 1.60 bits per heavy atom. The van der Waals surface area contributed by atoms with Crippen LogP contribution in [0.1, 0.15) is 0 Å². The molecule has 0 bridgehead atoms. The maximum absolute atomic E-state index is 12.3. The maximum Gasteiger partial charge on any atom is 0.268 e. The van der Waals surface area contributed by atoms with Crippen molar-refractivity contribution in [2.24, 2.45) is 0 Å². The van der Waals surface area contributed by atoms with E-state index >= 15 is 0 Å². The van der Waals surface area contributed by atoms with Crippen LogP contribution < -0.4 is 11.1 Å². The molecular formula is C18H16N2O2S3. The molecule has 7 heteroatoms. The lowest BCUT2D eigenvalue weighted by Gasteiger charge is -2.02. The van der Waals surface area contributed by atoms with Crippen LogP contribution in [-0.2, 0) is 13.1 Å². The highest BCUT2D eigenvalue weighted by Gasteiger charge is 2.08. The van der Waals surface area contributed by atoms with Crippen molar-refractivity contribution in [3.05, 3.63) is 69.2 Å². The fourth-order valence-corrected chi connectivity index (χ4v) is 5.77. The third-order valence-corrected chi connectivity index (χ3v) is 7.17. The van der Waals surface area contributed by atoms with E-state index in [1.165, 1.54) is 23.1 Å². The van der Waals surface area contributed by atoms with Gasteiger partial charge in [-0.3, -0.25) is 17.5 Å². The van der Waals surface area contributed by atoms with E-state index in [2.05, 4.69) is 0 Å². The summed E-state index contributed by atoms with van der Waals surface area (Å²) >= 11 is 4.82. The van der Waals surface area contributed by atoms with Gasteiger partial charge in [0.15, 0.2) is 0 Å². The fraction of sp³-hybridized carbons (Fsp3) is 0.222. The predicted molar refractivity (Wildman–Crippen MR) is 109 cm³/mol. The van der Waals surface area contributed by atoms with Crippen molar-refractivity contribution in [1.29, 1.82) is 0 Å². The van der Waals surface area contributed by atoms with Crippen LogP contribution in [0.3, 0.4) is 0 Å². The van der Waals surface area contributed by atoms with E-state index in [1.807, 2.05) is 56.4 Å². The molecule has 2 aromatic carbocycles. The summed E-state index contributed by atoms with van der Waals surface area (Å²) < 4.78 is 5.72. The minimum atomic E-state index is 0.0990. The number of fused-ring (bicyclic) bond motifs is 2. The van der Waals surface area contributed by atoms with Crippen molar-refractivity contribution in [2.75, 3.05) is 11.5 Å². The van der Waals surface area contributed by atoms with Crippen LogP contribution in [0.5, 0.6) is 0 Å². The van der Waals surface area contributed by atoms with Gasteiger partial charge in [-0.1, -0.05) is 47.3 Å². The Labute approximate surface area is 156 Å². The predicted octanol–water partition coefficient (Wildman–Crippen LogP) is 3.87. The minimum Gasteiger partial charge on any atom is -0.268 e. The number of aromatic nitrogens is 2. The molecule has 0 aliphatic rings. The number of nitrogens with zero attached hydrogens (tertiary/aromatic N) is 2. The first-order valence-corrected chi connectivity index (χ1v) is 10.7. The molecule has 4 nitrogen and oxygen atoms in total. The third kappa shape index (κ3) is 3.31. The van der Waals surface area contributed by atoms with E-state index in [4.69, 9.17) is 0 Å². The summed E-state index contributed by atoms with van der Waals surface area (Å²) in [5.74, 6) is 1.73. The Kier molecular flexibility index (Phi) is 4.78. The van der Waals surface area contributed by atoms with Gasteiger partial charge < -0.3 is 0 Å². The number of hydrogen-bond donors (Lipinski definition) is 0. The van der Waals surface area contributed by atoms with Gasteiger partial charge in [-0.15, -0.1) is 0 Å². The Morgan fingerprint density at radius 1 is 0.720 bits per heavy atom. The van der Waals surface area contributed by atoms with Gasteiger partial charge >= 0.3 is 0 Å². The van der Waals surface area contributed by atoms with E-state index in [1.54, 1.807) is 11.8 Å². The highest BCUT2D eigenvalue weighted by atomic mass is 32.2. The van der Waals surface area contributed by atoms with Crippen molar-refractivity contribution in [1.82, 2.24) is 7.91 Å². The lowest BCUT2D eigenvalue weighted by Crippen LogP contribution is -2.16. The summed E-state index contributed by atoms with van der Waals surface area (Å²) in [6, 6.07) is 15.5. The largest absolute Gasteiger partial charge is 0.268 e. The first kappa shape index (κ1) is 16.6. The Balaban J connectivity index is 1.35. The molecule has 0 N–H and O–H groups in total. The van der Waals surface area contributed by atoms with E-state index in [0.717, 1.165) is 31.7 Å². The van der Waals surface area contributed by atoms with Crippen molar-refractivity contribution in [3.8, 4) is 0 Å². The second-order valence-electron chi connectivity index (χ2n) is 5.60. The summed E-state index contributed by atoms with van der Waals surface area (Å²) in [5, 5.41) is 1.60. The molecular weight excluding hydrogens is 372 g/mol. The van der Waals surface area contributed by atoms with Crippen LogP contribution in [0.4, 0.5) is 0 Å². The zero-order chi connectivity index (χ0) is 17.2. The van der Waals surface area contributed by atoms with E-state index < -0.39 is 0 Å². The third-order valence-electron chi connectivity index (χ3n) is 3.98. The average Bonchev–Trinajstić information content (AvgIpc) is 3.13. The van der Waals surface area contributed by atoms with Crippen molar-refractivity contribution < 1.29 is 0 Å². The number of aryl methyl sites for hydroxylation is 2. The van der Waals surface area contributed by atoms with Gasteiger partial charge in [0.2, 0.25) is 0 Å². The standard InChI is InChI=1S/C18H16N2O2S3/c21-17-13-5-1-3-7-15(13)24-19(17)9-11-23-12-10-20-18(22)14-6-2-4-8-16(14)25-20/h1-8H,9-12H2. The quantitative estimate of drug-likeness (QED) is 0.471. The molecule has 0 amide bonds. The molecule has 0 radical (unpaired) electrons.